The predicted molar refractivity (Wildman–Crippen MR) is 332 cm³/mol. The van der Waals surface area contributed by atoms with E-state index in [1.165, 1.54) is 23.6 Å². The number of thiazole rings is 1. The number of unbranched alkanes of at least 4 members (excludes halogenated alkanes) is 3. The molecule has 5 N–H and O–H groups in total. The molecule has 478 valence electrons. The van der Waals surface area contributed by atoms with Gasteiger partial charge in [0.1, 0.15) is 16.5 Å². The van der Waals surface area contributed by atoms with Gasteiger partial charge in [-0.2, -0.15) is 11.8 Å². The Hall–Kier alpha value is -5.87. The van der Waals surface area contributed by atoms with Crippen molar-refractivity contribution in [1.82, 2.24) is 30.3 Å². The maximum absolute atomic E-state index is 14.5. The van der Waals surface area contributed by atoms with Gasteiger partial charge in [-0.3, -0.25) is 62.5 Å². The molecular weight excluding hydrogens is 1140 g/mol. The van der Waals surface area contributed by atoms with Gasteiger partial charge in [-0.15, -0.1) is 11.3 Å². The first-order valence-electron chi connectivity index (χ1n) is 30.9. The maximum Gasteiger partial charge on any atom is 0.306 e. The molecule has 0 radical (unpaired) electrons. The number of aliphatic carboxylic acids is 1. The highest BCUT2D eigenvalue weighted by atomic mass is 32.2. The zero-order valence-corrected chi connectivity index (χ0v) is 54.3. The number of likely N-dealkylation sites (tertiary alicyclic amines) is 2. The molecule has 2 aromatic rings. The number of rotatable bonds is 39. The van der Waals surface area contributed by atoms with Gasteiger partial charge in [0.2, 0.25) is 29.5 Å². The molecule has 0 spiro atoms. The average Bonchev–Trinajstić information content (AvgIpc) is 3.96. The topological polar surface area (TPSA) is 290 Å². The summed E-state index contributed by atoms with van der Waals surface area (Å²) in [7, 11) is 3.69. The smallest absolute Gasteiger partial charge is 0.306 e. The Morgan fingerprint density at radius 1 is 0.872 bits per heavy atom. The third-order valence-electron chi connectivity index (χ3n) is 17.2. The number of ketones is 3. The number of nitrogens with two attached hydrogens (primary N) is 1. The summed E-state index contributed by atoms with van der Waals surface area (Å²) in [6.07, 6.45) is 8.21. The van der Waals surface area contributed by atoms with Crippen LogP contribution >= 0.6 is 23.1 Å². The molecule has 3 unspecified atom stereocenters. The summed E-state index contributed by atoms with van der Waals surface area (Å²) in [5.41, 5.74) is 6.79. The molecule has 86 heavy (non-hydrogen) atoms. The van der Waals surface area contributed by atoms with Crippen LogP contribution in [0, 0.1) is 35.5 Å². The molecule has 2 aliphatic heterocycles. The third-order valence-corrected chi connectivity index (χ3v) is 19.1. The number of amides is 6. The number of nitrogens with one attached hydrogen (secondary N) is 2. The van der Waals surface area contributed by atoms with E-state index in [2.05, 4.69) is 20.5 Å². The first-order chi connectivity index (χ1) is 40.6. The number of piperidine rings is 1. The van der Waals surface area contributed by atoms with Gasteiger partial charge in [-0.1, -0.05) is 98.4 Å². The second-order valence-electron chi connectivity index (χ2n) is 24.6. The van der Waals surface area contributed by atoms with Crippen molar-refractivity contribution in [2.24, 2.45) is 41.2 Å². The number of carbonyl (C=O) groups excluding carboxylic acids is 10. The maximum atomic E-state index is 14.5. The minimum Gasteiger partial charge on any atom is -0.481 e. The average molecular weight is 1240 g/mol. The van der Waals surface area contributed by atoms with E-state index in [-0.39, 0.29) is 134 Å². The van der Waals surface area contributed by atoms with E-state index in [0.29, 0.717) is 55.6 Å². The molecule has 0 saturated carbocycles. The van der Waals surface area contributed by atoms with Crippen molar-refractivity contribution in [3.8, 4) is 0 Å². The van der Waals surface area contributed by atoms with Gasteiger partial charge in [-0.05, 0) is 100 Å². The molecule has 10 atom stereocenters. The summed E-state index contributed by atoms with van der Waals surface area (Å²) in [5.74, 6) is -6.42. The van der Waals surface area contributed by atoms with E-state index in [1.54, 1.807) is 54.8 Å². The van der Waals surface area contributed by atoms with Crippen LogP contribution < -0.4 is 16.4 Å². The number of hydrogen-bond acceptors (Lipinski definition) is 16. The van der Waals surface area contributed by atoms with Crippen LogP contribution in [0.1, 0.15) is 197 Å². The highest BCUT2D eigenvalue weighted by molar-refractivity contribution is 8.00. The monoisotopic (exact) mass is 1240 g/mol. The molecule has 3 heterocycles. The van der Waals surface area contributed by atoms with E-state index in [9.17, 15) is 57.8 Å². The van der Waals surface area contributed by atoms with Crippen molar-refractivity contribution in [2.75, 3.05) is 33.4 Å². The lowest BCUT2D eigenvalue weighted by Gasteiger charge is -2.37. The molecule has 1 aromatic carbocycles. The SMILES string of the molecule is CC[C@H](C)C(CC(=O)[C@H]1CCCCN1C)C(=O)N(C)[C@H](C[C@@H](OC(C)=O)c1nc(C(=O)N[C@@H](Cc2ccc(CC(=O)[C@H](CCCCC(N)=O)NC(=O)[C@@H](CC(=O)CCCCCN3C(=O)CC(SC)C3=O)C(C)C)cc2)CC(C)C(=O)O)cs1)C(C)C. The summed E-state index contributed by atoms with van der Waals surface area (Å²) >= 11 is 2.49. The first-order valence-corrected chi connectivity index (χ1v) is 33.1. The number of carbonyl (C=O) groups is 11. The molecule has 0 aliphatic carbocycles. The normalized spacial score (nSPS) is 18.4. The van der Waals surface area contributed by atoms with Gasteiger partial charge < -0.3 is 31.1 Å². The van der Waals surface area contributed by atoms with Gasteiger partial charge in [0.05, 0.1) is 23.3 Å². The van der Waals surface area contributed by atoms with E-state index in [0.717, 1.165) is 42.7 Å². The van der Waals surface area contributed by atoms with Gasteiger partial charge in [0, 0.05) is 94.8 Å². The number of primary amides is 1. The van der Waals surface area contributed by atoms with Crippen LogP contribution in [0.3, 0.4) is 0 Å². The van der Waals surface area contributed by atoms with Crippen molar-refractivity contribution in [2.45, 2.75) is 213 Å². The molecule has 22 heteroatoms. The molecule has 2 saturated heterocycles. The van der Waals surface area contributed by atoms with Crippen molar-refractivity contribution >= 4 is 87.8 Å². The fourth-order valence-electron chi connectivity index (χ4n) is 11.6. The van der Waals surface area contributed by atoms with Crippen LogP contribution in [0.2, 0.25) is 0 Å². The number of thioether (sulfide) groups is 1. The van der Waals surface area contributed by atoms with E-state index < -0.39 is 71.6 Å². The standard InChI is InChI=1S/C64H97N7O13S2/c1-12-40(6)48(34-54(75)51-22-17-19-28-69(51)9)62(80)70(10)52(39(4)5)35-55(84-42(8)72)61-68-50(37-86-61)60(79)66-45(30-41(7)64(82)83)31-43-24-26-44(27-25-43)32-53(74)49(21-15-16-23-57(65)76)67-59(78)47(38(2)3)33-46(73)20-14-13-18-29-71-58(77)36-56(85-11)63(71)81/h24-27,37-41,45,47-49,51-52,55-56H,12-23,28-36H2,1-11H3,(H2,65,76)(H,66,79)(H,67,78)(H,82,83)/t40-,41?,45+,47-,48?,49-,51+,52+,55+,56?/m0/s1. The zero-order chi connectivity index (χ0) is 63.9. The number of nitrogens with zero attached hydrogens (tertiary/aromatic N) is 4. The molecule has 1 aromatic heterocycles. The lowest BCUT2D eigenvalue weighted by molar-refractivity contribution is -0.150. The number of likely N-dealkylation sites (N-methyl/N-ethyl adjacent to an activating group) is 1. The Labute approximate surface area is 517 Å². The summed E-state index contributed by atoms with van der Waals surface area (Å²) in [5, 5.41) is 17.4. The van der Waals surface area contributed by atoms with Crippen molar-refractivity contribution in [3.63, 3.8) is 0 Å². The van der Waals surface area contributed by atoms with Crippen LogP contribution in [0.15, 0.2) is 29.6 Å². The molecule has 0 bridgehead atoms. The summed E-state index contributed by atoms with van der Waals surface area (Å²) in [6.45, 7) is 15.6. The second-order valence-corrected chi connectivity index (χ2v) is 26.5. The van der Waals surface area contributed by atoms with Crippen LogP contribution in [0.25, 0.3) is 0 Å². The highest BCUT2D eigenvalue weighted by Gasteiger charge is 2.40. The van der Waals surface area contributed by atoms with E-state index in [4.69, 9.17) is 10.5 Å². The number of imide groups is 1. The molecule has 2 fully saturated rings. The number of hydrogen-bond donors (Lipinski definition) is 4. The van der Waals surface area contributed by atoms with Crippen molar-refractivity contribution in [1.29, 1.82) is 0 Å². The molecule has 2 aliphatic rings. The summed E-state index contributed by atoms with van der Waals surface area (Å²) in [4.78, 5) is 154. The number of carboxylic acids is 1. The number of ether oxygens (including phenoxy) is 1. The molecule has 20 nitrogen and oxygen atoms in total. The predicted octanol–water partition coefficient (Wildman–Crippen LogP) is 8.10. The quantitative estimate of drug-likeness (QED) is 0.0279. The Morgan fingerprint density at radius 3 is 2.14 bits per heavy atom. The van der Waals surface area contributed by atoms with Crippen LogP contribution in [0.4, 0.5) is 0 Å². The van der Waals surface area contributed by atoms with Crippen molar-refractivity contribution < 1.29 is 62.6 Å². The largest absolute Gasteiger partial charge is 0.481 e. The highest BCUT2D eigenvalue weighted by Crippen LogP contribution is 2.34. The number of benzene rings is 1. The minimum atomic E-state index is -1.05. The van der Waals surface area contributed by atoms with Gasteiger partial charge in [0.15, 0.2) is 17.7 Å². The molecule has 6 amide bonds. The second kappa shape index (κ2) is 35.8. The van der Waals surface area contributed by atoms with E-state index in [1.807, 2.05) is 48.6 Å². The molecule has 4 rings (SSSR count). The first kappa shape index (κ1) is 72.6. The summed E-state index contributed by atoms with van der Waals surface area (Å²) in [6, 6.07) is 4.83. The van der Waals surface area contributed by atoms with Gasteiger partial charge in [-0.25, -0.2) is 4.98 Å². The minimum absolute atomic E-state index is 0.0226. The van der Waals surface area contributed by atoms with Crippen LogP contribution in [-0.2, 0) is 65.5 Å². The summed E-state index contributed by atoms with van der Waals surface area (Å²) < 4.78 is 5.86. The third kappa shape index (κ3) is 22.7. The number of Topliss-reactive ketones (excluding diaryl/α,β-unsaturated/α-hetero) is 3. The lowest BCUT2D eigenvalue weighted by Crippen LogP contribution is -2.48. The van der Waals surface area contributed by atoms with E-state index >= 15 is 0 Å². The number of aromatic nitrogens is 1. The Bertz CT molecular complexity index is 2640. The van der Waals surface area contributed by atoms with Gasteiger partial charge >= 0.3 is 11.9 Å². The van der Waals surface area contributed by atoms with Gasteiger partial charge in [0.25, 0.3) is 5.91 Å². The zero-order valence-electron chi connectivity index (χ0n) is 52.7. The lowest BCUT2D eigenvalue weighted by atomic mass is 9.83. The Balaban J connectivity index is 1.44. The van der Waals surface area contributed by atoms with Crippen LogP contribution in [-0.4, -0.2) is 152 Å². The Kier molecular flexibility index (Phi) is 30.2. The van der Waals surface area contributed by atoms with Crippen LogP contribution in [0.5, 0.6) is 0 Å². The fourth-order valence-corrected chi connectivity index (χ4v) is 13.0. The molecular formula is C64H97N7O13S2. The van der Waals surface area contributed by atoms with Crippen molar-refractivity contribution in [3.05, 3.63) is 51.5 Å². The Morgan fingerprint density at radius 2 is 1.55 bits per heavy atom. The number of carboxylic acid groups (broad SMARTS) is 1. The number of esters is 1. The fraction of sp³-hybridized carbons (Fsp3) is 0.688.